The summed E-state index contributed by atoms with van der Waals surface area (Å²) in [6.07, 6.45) is 1.82. The van der Waals surface area contributed by atoms with Crippen molar-refractivity contribution in [2.24, 2.45) is 11.8 Å². The topological polar surface area (TPSA) is 64.1 Å². The monoisotopic (exact) mass is 273 g/mol. The van der Waals surface area contributed by atoms with E-state index in [9.17, 15) is 5.11 Å². The van der Waals surface area contributed by atoms with Crippen LogP contribution in [0.4, 0.5) is 5.69 Å². The van der Waals surface area contributed by atoms with Crippen LogP contribution in [0.25, 0.3) is 11.0 Å². The van der Waals surface area contributed by atoms with E-state index in [1.807, 2.05) is 18.2 Å². The summed E-state index contributed by atoms with van der Waals surface area (Å²) in [6, 6.07) is 6.25. The number of aliphatic hydroxyl groups excluding tert-OH is 1. The van der Waals surface area contributed by atoms with Crippen LogP contribution in [0.1, 0.15) is 51.6 Å². The second-order valence-electron chi connectivity index (χ2n) is 6.25. The number of benzene rings is 1. The first kappa shape index (κ1) is 13.4. The van der Waals surface area contributed by atoms with Gasteiger partial charge in [0.15, 0.2) is 0 Å². The van der Waals surface area contributed by atoms with Gasteiger partial charge in [0.25, 0.3) is 0 Å². The van der Waals surface area contributed by atoms with Crippen LogP contribution in [0.5, 0.6) is 0 Å². The van der Waals surface area contributed by atoms with Crippen molar-refractivity contribution in [1.29, 1.82) is 0 Å². The average Bonchev–Trinajstić information content (AvgIpc) is 2.91. The quantitative estimate of drug-likeness (QED) is 0.825. The molecular weight excluding hydrogens is 250 g/mol. The predicted octanol–water partition coefficient (Wildman–Crippen LogP) is 3.28. The molecule has 20 heavy (non-hydrogen) atoms. The Balaban J connectivity index is 2.19. The molecular formula is C16H23N3O. The van der Waals surface area contributed by atoms with Crippen LogP contribution in [-0.2, 0) is 0 Å². The fourth-order valence-electron chi connectivity index (χ4n) is 3.48. The van der Waals surface area contributed by atoms with E-state index in [0.717, 1.165) is 23.3 Å². The second-order valence-corrected chi connectivity index (χ2v) is 6.25. The molecule has 0 spiro atoms. The highest BCUT2D eigenvalue weighted by Gasteiger charge is 2.34. The first-order valence-electron chi connectivity index (χ1n) is 7.44. The molecule has 0 radical (unpaired) electrons. The number of nitrogen functional groups attached to an aromatic ring is 1. The second kappa shape index (κ2) is 4.77. The lowest BCUT2D eigenvalue weighted by atomic mass is 9.97. The van der Waals surface area contributed by atoms with Crippen LogP contribution in [0, 0.1) is 11.8 Å². The smallest absolute Gasteiger partial charge is 0.138 e. The fraction of sp³-hybridized carbons (Fsp3) is 0.562. The third kappa shape index (κ3) is 1.99. The maximum absolute atomic E-state index is 10.1. The van der Waals surface area contributed by atoms with Gasteiger partial charge in [-0.15, -0.1) is 0 Å². The molecule has 1 heterocycles. The third-order valence-corrected chi connectivity index (χ3v) is 4.87. The van der Waals surface area contributed by atoms with Crippen LogP contribution in [0.15, 0.2) is 18.2 Å². The molecule has 4 atom stereocenters. The van der Waals surface area contributed by atoms with E-state index in [1.165, 1.54) is 6.42 Å². The zero-order valence-electron chi connectivity index (χ0n) is 12.4. The molecule has 4 unspecified atom stereocenters. The molecule has 3 rings (SSSR count). The van der Waals surface area contributed by atoms with E-state index < -0.39 is 6.10 Å². The fourth-order valence-corrected chi connectivity index (χ4v) is 3.48. The van der Waals surface area contributed by atoms with Gasteiger partial charge in [-0.1, -0.05) is 13.8 Å². The summed E-state index contributed by atoms with van der Waals surface area (Å²) >= 11 is 0. The summed E-state index contributed by atoms with van der Waals surface area (Å²) < 4.78 is 2.24. The lowest BCUT2D eigenvalue weighted by Gasteiger charge is -2.23. The van der Waals surface area contributed by atoms with Crippen molar-refractivity contribution >= 4 is 16.7 Å². The van der Waals surface area contributed by atoms with Crippen molar-refractivity contribution in [2.45, 2.75) is 45.8 Å². The Morgan fingerprint density at radius 2 is 2.10 bits per heavy atom. The number of hydrogen-bond acceptors (Lipinski definition) is 3. The Hall–Kier alpha value is -1.55. The average molecular weight is 273 g/mol. The number of fused-ring (bicyclic) bond motifs is 1. The van der Waals surface area contributed by atoms with Crippen molar-refractivity contribution < 1.29 is 5.11 Å². The molecule has 4 nitrogen and oxygen atoms in total. The van der Waals surface area contributed by atoms with Gasteiger partial charge in [-0.2, -0.15) is 0 Å². The molecule has 0 saturated heterocycles. The number of hydrogen-bond donors (Lipinski definition) is 2. The highest BCUT2D eigenvalue weighted by Crippen LogP contribution is 2.42. The minimum atomic E-state index is -0.563. The number of imidazole rings is 1. The summed E-state index contributed by atoms with van der Waals surface area (Å²) in [5.74, 6) is 2.08. The minimum absolute atomic E-state index is 0.420. The number of aromatic nitrogens is 2. The van der Waals surface area contributed by atoms with Crippen LogP contribution in [-0.4, -0.2) is 14.7 Å². The maximum atomic E-state index is 10.1. The molecule has 1 aliphatic carbocycles. The SMILES string of the molecule is CC(O)c1nc2cc(N)ccc2n1C1CCC(C)C1C. The molecule has 1 aromatic carbocycles. The maximum Gasteiger partial charge on any atom is 0.138 e. The van der Waals surface area contributed by atoms with Crippen LogP contribution in [0.2, 0.25) is 0 Å². The first-order valence-corrected chi connectivity index (χ1v) is 7.44. The van der Waals surface area contributed by atoms with Crippen molar-refractivity contribution in [3.8, 4) is 0 Å². The van der Waals surface area contributed by atoms with E-state index >= 15 is 0 Å². The molecule has 2 aromatic rings. The molecule has 108 valence electrons. The van der Waals surface area contributed by atoms with Crippen LogP contribution >= 0.6 is 0 Å². The summed E-state index contributed by atoms with van der Waals surface area (Å²) in [6.45, 7) is 6.39. The lowest BCUT2D eigenvalue weighted by molar-refractivity contribution is 0.178. The Kier molecular flexibility index (Phi) is 3.21. The van der Waals surface area contributed by atoms with E-state index in [4.69, 9.17) is 5.73 Å². The highest BCUT2D eigenvalue weighted by molar-refractivity contribution is 5.80. The first-order chi connectivity index (χ1) is 9.49. The number of nitrogens with zero attached hydrogens (tertiary/aromatic N) is 2. The number of aliphatic hydroxyl groups is 1. The van der Waals surface area contributed by atoms with E-state index in [0.29, 0.717) is 23.6 Å². The third-order valence-electron chi connectivity index (χ3n) is 4.87. The van der Waals surface area contributed by atoms with Crippen molar-refractivity contribution in [2.75, 3.05) is 5.73 Å². The molecule has 1 aromatic heterocycles. The summed E-state index contributed by atoms with van der Waals surface area (Å²) in [7, 11) is 0. The van der Waals surface area contributed by atoms with E-state index in [2.05, 4.69) is 23.4 Å². The van der Waals surface area contributed by atoms with Gasteiger partial charge in [0.1, 0.15) is 11.9 Å². The standard InChI is InChI=1S/C16H23N3O/c1-9-4-6-14(10(9)2)19-15-7-5-12(17)8-13(15)18-16(19)11(3)20/h5,7-11,14,20H,4,6,17H2,1-3H3. The largest absolute Gasteiger partial charge is 0.399 e. The van der Waals surface area contributed by atoms with Crippen molar-refractivity contribution in [1.82, 2.24) is 9.55 Å². The lowest BCUT2D eigenvalue weighted by Crippen LogP contribution is -2.18. The molecule has 3 N–H and O–H groups in total. The molecule has 0 aliphatic heterocycles. The van der Waals surface area contributed by atoms with Crippen LogP contribution in [0.3, 0.4) is 0 Å². The van der Waals surface area contributed by atoms with Crippen LogP contribution < -0.4 is 5.73 Å². The normalized spacial score (nSPS) is 28.1. The Bertz CT molecular complexity index is 632. The summed E-state index contributed by atoms with van der Waals surface area (Å²) in [5.41, 5.74) is 8.53. The zero-order chi connectivity index (χ0) is 14.4. The van der Waals surface area contributed by atoms with Gasteiger partial charge in [0.2, 0.25) is 0 Å². The predicted molar refractivity (Wildman–Crippen MR) is 81.4 cm³/mol. The van der Waals surface area contributed by atoms with Crippen molar-refractivity contribution in [3.05, 3.63) is 24.0 Å². The van der Waals surface area contributed by atoms with E-state index in [-0.39, 0.29) is 0 Å². The van der Waals surface area contributed by atoms with Gasteiger partial charge in [0.05, 0.1) is 11.0 Å². The molecule has 4 heteroatoms. The van der Waals surface area contributed by atoms with Gasteiger partial charge in [0, 0.05) is 11.7 Å². The van der Waals surface area contributed by atoms with Gasteiger partial charge in [-0.25, -0.2) is 4.98 Å². The Labute approximate surface area is 119 Å². The number of anilines is 1. The van der Waals surface area contributed by atoms with Crippen molar-refractivity contribution in [3.63, 3.8) is 0 Å². The molecule has 0 bridgehead atoms. The molecule has 1 fully saturated rings. The number of rotatable bonds is 2. The molecule has 1 saturated carbocycles. The van der Waals surface area contributed by atoms with Gasteiger partial charge in [-0.3, -0.25) is 0 Å². The van der Waals surface area contributed by atoms with Gasteiger partial charge < -0.3 is 15.4 Å². The minimum Gasteiger partial charge on any atom is -0.399 e. The highest BCUT2D eigenvalue weighted by atomic mass is 16.3. The zero-order valence-corrected chi connectivity index (χ0v) is 12.4. The summed E-state index contributed by atoms with van der Waals surface area (Å²) in [5, 5.41) is 10.1. The Morgan fingerprint density at radius 3 is 2.70 bits per heavy atom. The Morgan fingerprint density at radius 1 is 1.35 bits per heavy atom. The molecule has 1 aliphatic rings. The van der Waals surface area contributed by atoms with Gasteiger partial charge >= 0.3 is 0 Å². The van der Waals surface area contributed by atoms with Gasteiger partial charge in [-0.05, 0) is 49.8 Å². The summed E-state index contributed by atoms with van der Waals surface area (Å²) in [4.78, 5) is 4.61. The number of nitrogens with two attached hydrogens (primary N) is 1. The molecule has 0 amide bonds. The van der Waals surface area contributed by atoms with E-state index in [1.54, 1.807) is 6.92 Å².